The van der Waals surface area contributed by atoms with Crippen LogP contribution in [0.4, 0.5) is 0 Å². The Hall–Kier alpha value is -1.60. The van der Waals surface area contributed by atoms with Gasteiger partial charge in [-0.3, -0.25) is 8.98 Å². The standard InChI is InChI=1S/C13H17NO5S/c1-20(16,17)19-9-5-4-8-14-10-18-12-7-3-2-6-11(12)13(14)15/h2-3,6-7H,4-5,8-10H2,1H3. The van der Waals surface area contributed by atoms with Crippen LogP contribution in [0.1, 0.15) is 23.2 Å². The number of fused-ring (bicyclic) bond motifs is 1. The molecule has 0 saturated carbocycles. The average Bonchev–Trinajstić information content (AvgIpc) is 2.40. The monoisotopic (exact) mass is 299 g/mol. The van der Waals surface area contributed by atoms with E-state index in [1.54, 1.807) is 23.1 Å². The number of hydrogen-bond acceptors (Lipinski definition) is 5. The van der Waals surface area contributed by atoms with Crippen LogP contribution in [0.25, 0.3) is 0 Å². The van der Waals surface area contributed by atoms with Gasteiger partial charge in [0.25, 0.3) is 16.0 Å². The lowest BCUT2D eigenvalue weighted by Crippen LogP contribution is -2.39. The lowest BCUT2D eigenvalue weighted by Gasteiger charge is -2.28. The summed E-state index contributed by atoms with van der Waals surface area (Å²) in [5, 5.41) is 0. The van der Waals surface area contributed by atoms with E-state index >= 15 is 0 Å². The maximum atomic E-state index is 12.2. The third-order valence-corrected chi connectivity index (χ3v) is 3.50. The molecule has 7 heteroatoms. The number of ether oxygens (including phenoxy) is 1. The van der Waals surface area contributed by atoms with E-state index in [-0.39, 0.29) is 19.2 Å². The molecule has 0 N–H and O–H groups in total. The molecule has 0 aromatic heterocycles. The van der Waals surface area contributed by atoms with Crippen molar-refractivity contribution in [1.82, 2.24) is 4.90 Å². The molecule has 1 aromatic rings. The Kier molecular flexibility index (Phi) is 4.61. The molecule has 1 heterocycles. The van der Waals surface area contributed by atoms with Gasteiger partial charge in [0.15, 0.2) is 6.73 Å². The van der Waals surface area contributed by atoms with E-state index in [0.717, 1.165) is 6.26 Å². The van der Waals surface area contributed by atoms with Crippen molar-refractivity contribution in [3.05, 3.63) is 29.8 Å². The summed E-state index contributed by atoms with van der Waals surface area (Å²) in [7, 11) is -3.39. The molecular weight excluding hydrogens is 282 g/mol. The van der Waals surface area contributed by atoms with Gasteiger partial charge >= 0.3 is 0 Å². The van der Waals surface area contributed by atoms with Crippen molar-refractivity contribution in [2.45, 2.75) is 12.8 Å². The maximum Gasteiger partial charge on any atom is 0.264 e. The third-order valence-electron chi connectivity index (χ3n) is 2.90. The number of carbonyl (C=O) groups excluding carboxylic acids is 1. The molecule has 1 aliphatic rings. The molecule has 0 unspecified atom stereocenters. The quantitative estimate of drug-likeness (QED) is 0.583. The molecule has 0 spiro atoms. The van der Waals surface area contributed by atoms with Gasteiger partial charge in [-0.15, -0.1) is 0 Å². The van der Waals surface area contributed by atoms with E-state index in [0.29, 0.717) is 30.7 Å². The Labute approximate surface area is 118 Å². The first-order chi connectivity index (χ1) is 9.47. The van der Waals surface area contributed by atoms with Gasteiger partial charge < -0.3 is 9.64 Å². The van der Waals surface area contributed by atoms with Crippen molar-refractivity contribution in [3.63, 3.8) is 0 Å². The largest absolute Gasteiger partial charge is 0.472 e. The highest BCUT2D eigenvalue weighted by Crippen LogP contribution is 2.24. The summed E-state index contributed by atoms with van der Waals surface area (Å²) in [5.41, 5.74) is 0.561. The Morgan fingerprint density at radius 3 is 2.80 bits per heavy atom. The molecule has 0 aliphatic carbocycles. The molecule has 2 rings (SSSR count). The number of nitrogens with zero attached hydrogens (tertiary/aromatic N) is 1. The molecule has 0 radical (unpaired) electrons. The summed E-state index contributed by atoms with van der Waals surface area (Å²) in [6, 6.07) is 7.12. The number of carbonyl (C=O) groups is 1. The van der Waals surface area contributed by atoms with Gasteiger partial charge in [-0.2, -0.15) is 8.42 Å². The molecule has 0 saturated heterocycles. The highest BCUT2D eigenvalue weighted by molar-refractivity contribution is 7.85. The fourth-order valence-corrected chi connectivity index (χ4v) is 2.35. The van der Waals surface area contributed by atoms with Crippen LogP contribution < -0.4 is 4.74 Å². The van der Waals surface area contributed by atoms with Crippen LogP contribution in [0.5, 0.6) is 5.75 Å². The van der Waals surface area contributed by atoms with E-state index in [1.807, 2.05) is 6.07 Å². The van der Waals surface area contributed by atoms with Gasteiger partial charge in [0.1, 0.15) is 5.75 Å². The predicted molar refractivity (Wildman–Crippen MR) is 73.0 cm³/mol. The van der Waals surface area contributed by atoms with Crippen molar-refractivity contribution in [1.29, 1.82) is 0 Å². The average molecular weight is 299 g/mol. The lowest BCUT2D eigenvalue weighted by atomic mass is 10.1. The normalized spacial score (nSPS) is 14.8. The molecule has 110 valence electrons. The minimum Gasteiger partial charge on any atom is -0.472 e. The number of amides is 1. The summed E-state index contributed by atoms with van der Waals surface area (Å²) in [4.78, 5) is 13.8. The summed E-state index contributed by atoms with van der Waals surface area (Å²) in [5.74, 6) is 0.546. The highest BCUT2D eigenvalue weighted by Gasteiger charge is 2.24. The van der Waals surface area contributed by atoms with Crippen LogP contribution in [-0.4, -0.2) is 45.4 Å². The van der Waals surface area contributed by atoms with Crippen LogP contribution >= 0.6 is 0 Å². The molecule has 0 fully saturated rings. The van der Waals surface area contributed by atoms with Crippen molar-refractivity contribution >= 4 is 16.0 Å². The molecule has 6 nitrogen and oxygen atoms in total. The van der Waals surface area contributed by atoms with Crippen LogP contribution in [0.2, 0.25) is 0 Å². The van der Waals surface area contributed by atoms with Gasteiger partial charge in [0.2, 0.25) is 0 Å². The summed E-state index contributed by atoms with van der Waals surface area (Å²) in [6.45, 7) is 0.876. The van der Waals surface area contributed by atoms with E-state index in [9.17, 15) is 13.2 Å². The predicted octanol–water partition coefficient (Wildman–Crippen LogP) is 1.24. The van der Waals surface area contributed by atoms with Crippen molar-refractivity contribution in [3.8, 4) is 5.75 Å². The Bertz CT molecular complexity index is 584. The molecule has 1 aromatic carbocycles. The maximum absolute atomic E-state index is 12.2. The van der Waals surface area contributed by atoms with Gasteiger partial charge in [-0.25, -0.2) is 0 Å². The zero-order valence-corrected chi connectivity index (χ0v) is 12.1. The zero-order chi connectivity index (χ0) is 14.6. The van der Waals surface area contributed by atoms with Gasteiger partial charge in [-0.05, 0) is 25.0 Å². The molecular formula is C13H17NO5S. The van der Waals surface area contributed by atoms with E-state index in [1.165, 1.54) is 0 Å². The molecule has 1 aliphatic heterocycles. The first-order valence-electron chi connectivity index (χ1n) is 6.33. The van der Waals surface area contributed by atoms with E-state index in [2.05, 4.69) is 4.18 Å². The number of unbranched alkanes of at least 4 members (excludes halogenated alkanes) is 1. The van der Waals surface area contributed by atoms with Crippen molar-refractivity contribution in [2.75, 3.05) is 26.1 Å². The molecule has 20 heavy (non-hydrogen) atoms. The molecule has 0 atom stereocenters. The van der Waals surface area contributed by atoms with E-state index in [4.69, 9.17) is 4.74 Å². The Morgan fingerprint density at radius 2 is 2.05 bits per heavy atom. The zero-order valence-electron chi connectivity index (χ0n) is 11.2. The number of para-hydroxylation sites is 1. The second-order valence-electron chi connectivity index (χ2n) is 4.57. The smallest absolute Gasteiger partial charge is 0.264 e. The van der Waals surface area contributed by atoms with Gasteiger partial charge in [0.05, 0.1) is 18.4 Å². The lowest BCUT2D eigenvalue weighted by molar-refractivity contribution is 0.0514. The number of rotatable bonds is 6. The SMILES string of the molecule is CS(=O)(=O)OCCCCN1COc2ccccc2C1=O. The summed E-state index contributed by atoms with van der Waals surface area (Å²) < 4.78 is 31.7. The van der Waals surface area contributed by atoms with Crippen LogP contribution in [0.3, 0.4) is 0 Å². The van der Waals surface area contributed by atoms with Crippen LogP contribution in [-0.2, 0) is 14.3 Å². The van der Waals surface area contributed by atoms with Gasteiger partial charge in [0, 0.05) is 6.54 Å². The van der Waals surface area contributed by atoms with E-state index < -0.39 is 10.1 Å². The van der Waals surface area contributed by atoms with Crippen LogP contribution in [0.15, 0.2) is 24.3 Å². The second kappa shape index (κ2) is 6.23. The van der Waals surface area contributed by atoms with Crippen molar-refractivity contribution < 1.29 is 22.1 Å². The van der Waals surface area contributed by atoms with Crippen LogP contribution in [0, 0.1) is 0 Å². The number of benzene rings is 1. The fourth-order valence-electron chi connectivity index (χ4n) is 1.93. The highest BCUT2D eigenvalue weighted by atomic mass is 32.2. The number of hydrogen-bond donors (Lipinski definition) is 0. The van der Waals surface area contributed by atoms with Gasteiger partial charge in [-0.1, -0.05) is 12.1 Å². The fraction of sp³-hybridized carbons (Fsp3) is 0.462. The topological polar surface area (TPSA) is 72.9 Å². The molecule has 0 bridgehead atoms. The Balaban J connectivity index is 1.80. The summed E-state index contributed by atoms with van der Waals surface area (Å²) >= 11 is 0. The van der Waals surface area contributed by atoms with Crippen molar-refractivity contribution in [2.24, 2.45) is 0 Å². The first-order valence-corrected chi connectivity index (χ1v) is 8.14. The third kappa shape index (κ3) is 3.94. The minimum absolute atomic E-state index is 0.0594. The second-order valence-corrected chi connectivity index (χ2v) is 6.22. The minimum atomic E-state index is -3.39. The molecule has 1 amide bonds. The summed E-state index contributed by atoms with van der Waals surface area (Å²) in [6.07, 6.45) is 2.25. The first kappa shape index (κ1) is 14.8. The Morgan fingerprint density at radius 1 is 1.30 bits per heavy atom.